The second-order valence-electron chi connectivity index (χ2n) is 1.82. The summed E-state index contributed by atoms with van der Waals surface area (Å²) in [5.74, 6) is 0. The Morgan fingerprint density at radius 2 is 2.25 bits per heavy atom. The Kier molecular flexibility index (Phi) is 4.32. The molecule has 0 unspecified atom stereocenters. The van der Waals surface area contributed by atoms with E-state index in [0.29, 0.717) is 0 Å². The van der Waals surface area contributed by atoms with Gasteiger partial charge in [0.1, 0.15) is 0 Å². The molecule has 0 saturated heterocycles. The summed E-state index contributed by atoms with van der Waals surface area (Å²) in [6.45, 7) is 4.18. The lowest BCUT2D eigenvalue weighted by molar-refractivity contribution is 0.874. The molecule has 0 radical (unpaired) electrons. The molecule has 0 heterocycles. The summed E-state index contributed by atoms with van der Waals surface area (Å²) >= 11 is 0. The van der Waals surface area contributed by atoms with E-state index in [0.717, 1.165) is 6.42 Å². The zero-order valence-corrected chi connectivity index (χ0v) is 5.86. The molecule has 0 saturated carbocycles. The van der Waals surface area contributed by atoms with E-state index in [1.807, 2.05) is 14.0 Å². The molecule has 8 heavy (non-hydrogen) atoms. The van der Waals surface area contributed by atoms with Gasteiger partial charge in [0.15, 0.2) is 0 Å². The molecule has 0 aromatic rings. The standard InChI is InChI=1S/C6H14N2/c1-4-5-6(2)8-7-3/h7H,4-5H2,1-3H3/b8-6+. The van der Waals surface area contributed by atoms with Gasteiger partial charge in [-0.3, -0.25) is 0 Å². The first-order chi connectivity index (χ1) is 3.81. The summed E-state index contributed by atoms with van der Waals surface area (Å²) in [7, 11) is 1.82. The molecule has 48 valence electrons. The van der Waals surface area contributed by atoms with Gasteiger partial charge >= 0.3 is 0 Å². The fraction of sp³-hybridized carbons (Fsp3) is 0.833. The van der Waals surface area contributed by atoms with Crippen molar-refractivity contribution in [3.05, 3.63) is 0 Å². The van der Waals surface area contributed by atoms with Gasteiger partial charge in [0.05, 0.1) is 0 Å². The van der Waals surface area contributed by atoms with Gasteiger partial charge in [0.2, 0.25) is 0 Å². The molecule has 1 N–H and O–H groups in total. The van der Waals surface area contributed by atoms with Crippen molar-refractivity contribution in [1.29, 1.82) is 0 Å². The highest BCUT2D eigenvalue weighted by Crippen LogP contribution is 1.88. The Balaban J connectivity index is 3.29. The third-order valence-corrected chi connectivity index (χ3v) is 0.914. The summed E-state index contributed by atoms with van der Waals surface area (Å²) < 4.78 is 0. The highest BCUT2D eigenvalue weighted by atomic mass is 15.3. The van der Waals surface area contributed by atoms with Crippen LogP contribution in [0.4, 0.5) is 0 Å². The maximum absolute atomic E-state index is 3.98. The van der Waals surface area contributed by atoms with E-state index in [9.17, 15) is 0 Å². The molecule has 0 fully saturated rings. The second-order valence-corrected chi connectivity index (χ2v) is 1.82. The zero-order chi connectivity index (χ0) is 6.41. The first-order valence-electron chi connectivity index (χ1n) is 3.01. The summed E-state index contributed by atoms with van der Waals surface area (Å²) in [6, 6.07) is 0. The van der Waals surface area contributed by atoms with Crippen molar-refractivity contribution in [2.45, 2.75) is 26.7 Å². The SMILES string of the molecule is CCC/C(C)=N/NC. The summed E-state index contributed by atoms with van der Waals surface area (Å²) in [6.07, 6.45) is 2.28. The molecule has 0 bridgehead atoms. The van der Waals surface area contributed by atoms with Gasteiger partial charge in [0, 0.05) is 12.8 Å². The molecule has 0 aliphatic rings. The Hall–Kier alpha value is -0.530. The van der Waals surface area contributed by atoms with Crippen LogP contribution in [0.25, 0.3) is 0 Å². The van der Waals surface area contributed by atoms with Crippen LogP contribution >= 0.6 is 0 Å². The highest BCUT2D eigenvalue weighted by molar-refractivity contribution is 5.81. The normalized spacial score (nSPS) is 11.6. The van der Waals surface area contributed by atoms with Gasteiger partial charge in [-0.2, -0.15) is 5.10 Å². The minimum absolute atomic E-state index is 1.10. The zero-order valence-electron chi connectivity index (χ0n) is 5.86. The minimum Gasteiger partial charge on any atom is -0.313 e. The molecule has 0 amide bonds. The van der Waals surface area contributed by atoms with Crippen molar-refractivity contribution in [2.24, 2.45) is 5.10 Å². The molecule has 0 aliphatic carbocycles. The molecule has 0 atom stereocenters. The van der Waals surface area contributed by atoms with Gasteiger partial charge in [0.25, 0.3) is 0 Å². The molecule has 0 aromatic heterocycles. The monoisotopic (exact) mass is 114 g/mol. The molecule has 0 spiro atoms. The van der Waals surface area contributed by atoms with Crippen LogP contribution in [0.15, 0.2) is 5.10 Å². The lowest BCUT2D eigenvalue weighted by atomic mass is 10.2. The van der Waals surface area contributed by atoms with Crippen LogP contribution in [0.1, 0.15) is 26.7 Å². The van der Waals surface area contributed by atoms with Crippen LogP contribution in [-0.2, 0) is 0 Å². The number of hydrazone groups is 1. The van der Waals surface area contributed by atoms with Crippen LogP contribution in [0, 0.1) is 0 Å². The predicted octanol–water partition coefficient (Wildman–Crippen LogP) is 1.38. The molecular formula is C6H14N2. The molecule has 2 heteroatoms. The minimum atomic E-state index is 1.10. The van der Waals surface area contributed by atoms with Gasteiger partial charge in [-0.05, 0) is 13.3 Å². The van der Waals surface area contributed by atoms with Crippen molar-refractivity contribution >= 4 is 5.71 Å². The van der Waals surface area contributed by atoms with Crippen LogP contribution in [-0.4, -0.2) is 12.8 Å². The number of hydrogen-bond acceptors (Lipinski definition) is 2. The Bertz CT molecular complexity index is 76.6. The van der Waals surface area contributed by atoms with Crippen LogP contribution in [0.3, 0.4) is 0 Å². The van der Waals surface area contributed by atoms with Gasteiger partial charge in [-0.1, -0.05) is 13.3 Å². The maximum Gasteiger partial charge on any atom is 0.0347 e. The largest absolute Gasteiger partial charge is 0.313 e. The number of nitrogens with zero attached hydrogens (tertiary/aromatic N) is 1. The lowest BCUT2D eigenvalue weighted by Gasteiger charge is -1.93. The summed E-state index contributed by atoms with van der Waals surface area (Å²) in [4.78, 5) is 0. The number of hydrogen-bond donors (Lipinski definition) is 1. The van der Waals surface area contributed by atoms with Crippen molar-refractivity contribution < 1.29 is 0 Å². The van der Waals surface area contributed by atoms with Crippen LogP contribution < -0.4 is 5.43 Å². The third kappa shape index (κ3) is 3.65. The second kappa shape index (κ2) is 4.62. The molecule has 0 aromatic carbocycles. The van der Waals surface area contributed by atoms with Crippen molar-refractivity contribution in [2.75, 3.05) is 7.05 Å². The van der Waals surface area contributed by atoms with E-state index in [-0.39, 0.29) is 0 Å². The molecular weight excluding hydrogens is 100 g/mol. The Labute approximate surface area is 51.0 Å². The number of nitrogens with one attached hydrogen (secondary N) is 1. The first kappa shape index (κ1) is 7.47. The average molecular weight is 114 g/mol. The molecule has 0 rings (SSSR count). The van der Waals surface area contributed by atoms with Crippen LogP contribution in [0.2, 0.25) is 0 Å². The van der Waals surface area contributed by atoms with E-state index in [4.69, 9.17) is 0 Å². The van der Waals surface area contributed by atoms with E-state index in [2.05, 4.69) is 17.5 Å². The smallest absolute Gasteiger partial charge is 0.0347 e. The fourth-order valence-electron chi connectivity index (χ4n) is 0.609. The first-order valence-corrected chi connectivity index (χ1v) is 3.01. The fourth-order valence-corrected chi connectivity index (χ4v) is 0.609. The number of rotatable bonds is 3. The Morgan fingerprint density at radius 3 is 2.62 bits per heavy atom. The quantitative estimate of drug-likeness (QED) is 0.435. The van der Waals surface area contributed by atoms with E-state index >= 15 is 0 Å². The van der Waals surface area contributed by atoms with Crippen molar-refractivity contribution in [1.82, 2.24) is 5.43 Å². The van der Waals surface area contributed by atoms with Crippen molar-refractivity contribution in [3.8, 4) is 0 Å². The molecule has 0 aliphatic heterocycles. The van der Waals surface area contributed by atoms with E-state index in [1.165, 1.54) is 12.1 Å². The lowest BCUT2D eigenvalue weighted by Crippen LogP contribution is -2.00. The topological polar surface area (TPSA) is 24.4 Å². The molecule has 2 nitrogen and oxygen atoms in total. The third-order valence-electron chi connectivity index (χ3n) is 0.914. The highest BCUT2D eigenvalue weighted by Gasteiger charge is 1.84. The van der Waals surface area contributed by atoms with Crippen molar-refractivity contribution in [3.63, 3.8) is 0 Å². The van der Waals surface area contributed by atoms with E-state index < -0.39 is 0 Å². The van der Waals surface area contributed by atoms with E-state index in [1.54, 1.807) is 0 Å². The Morgan fingerprint density at radius 1 is 1.62 bits per heavy atom. The van der Waals surface area contributed by atoms with Gasteiger partial charge in [-0.25, -0.2) is 0 Å². The van der Waals surface area contributed by atoms with Crippen LogP contribution in [0.5, 0.6) is 0 Å². The summed E-state index contributed by atoms with van der Waals surface area (Å²) in [5, 5.41) is 3.98. The average Bonchev–Trinajstić information content (AvgIpc) is 1.68. The summed E-state index contributed by atoms with van der Waals surface area (Å²) in [5.41, 5.74) is 3.92. The maximum atomic E-state index is 3.98. The predicted molar refractivity (Wildman–Crippen MR) is 37.1 cm³/mol. The van der Waals surface area contributed by atoms with Gasteiger partial charge in [-0.15, -0.1) is 0 Å². The van der Waals surface area contributed by atoms with Gasteiger partial charge < -0.3 is 5.43 Å².